The Morgan fingerprint density at radius 2 is 1.74 bits per heavy atom. The molecule has 0 radical (unpaired) electrons. The highest BCUT2D eigenvalue weighted by molar-refractivity contribution is 7.23. The predicted octanol–water partition coefficient (Wildman–Crippen LogP) is 3.87. The second kappa shape index (κ2) is 6.35. The molecule has 0 unspecified atom stereocenters. The number of para-hydroxylation sites is 1. The number of hydrogen-bond donors (Lipinski definition) is 0. The molecule has 0 saturated carbocycles. The Morgan fingerprint density at radius 1 is 0.963 bits per heavy atom. The topological polar surface area (TPSA) is 49.6 Å². The molecule has 0 atom stereocenters. The van der Waals surface area contributed by atoms with Crippen molar-refractivity contribution in [3.05, 3.63) is 64.8 Å². The van der Waals surface area contributed by atoms with E-state index in [0.717, 1.165) is 46.9 Å². The highest BCUT2D eigenvalue weighted by atomic mass is 32.1. The van der Waals surface area contributed by atoms with Gasteiger partial charge in [0.25, 0.3) is 0 Å². The van der Waals surface area contributed by atoms with Gasteiger partial charge in [-0.05, 0) is 30.3 Å². The van der Waals surface area contributed by atoms with E-state index in [2.05, 4.69) is 9.80 Å². The number of halogens is 1. The van der Waals surface area contributed by atoms with Gasteiger partial charge in [0, 0.05) is 37.6 Å². The van der Waals surface area contributed by atoms with Crippen molar-refractivity contribution in [2.24, 2.45) is 0 Å². The number of aromatic nitrogens is 1. The molecule has 0 spiro atoms. The summed E-state index contributed by atoms with van der Waals surface area (Å²) < 4.78 is 20.3. The molecule has 7 heteroatoms. The molecule has 0 bridgehead atoms. The molecule has 0 aliphatic carbocycles. The second-order valence-electron chi connectivity index (χ2n) is 6.50. The summed E-state index contributed by atoms with van der Waals surface area (Å²) in [7, 11) is 0. The lowest BCUT2D eigenvalue weighted by molar-refractivity contribution is 0.561. The number of thiazole rings is 1. The Bertz CT molecular complexity index is 1190. The SMILES string of the molecule is O=c1ccc2c(ccc3nc(N4CCN(c5ccccc5F)CC4)sc32)o1. The Balaban J connectivity index is 1.43. The van der Waals surface area contributed by atoms with Gasteiger partial charge in [-0.25, -0.2) is 14.2 Å². The summed E-state index contributed by atoms with van der Waals surface area (Å²) in [6.07, 6.45) is 0. The van der Waals surface area contributed by atoms with Gasteiger partial charge in [-0.15, -0.1) is 0 Å². The average Bonchev–Trinajstić information content (AvgIpc) is 3.13. The fourth-order valence-corrected chi connectivity index (χ4v) is 4.64. The molecule has 1 saturated heterocycles. The van der Waals surface area contributed by atoms with Gasteiger partial charge in [0.2, 0.25) is 0 Å². The van der Waals surface area contributed by atoms with E-state index in [1.807, 2.05) is 18.2 Å². The van der Waals surface area contributed by atoms with Crippen molar-refractivity contribution in [2.75, 3.05) is 36.0 Å². The average molecular weight is 381 g/mol. The standard InChI is InChI=1S/C20H16FN3O2S/c21-14-3-1-2-4-16(14)23-9-11-24(12-10-23)20-22-15-6-7-17-13(19(15)27-20)5-8-18(25)26-17/h1-8H,9-12H2. The van der Waals surface area contributed by atoms with Crippen molar-refractivity contribution in [1.29, 1.82) is 0 Å². The van der Waals surface area contributed by atoms with Crippen molar-refractivity contribution in [1.82, 2.24) is 4.98 Å². The van der Waals surface area contributed by atoms with Gasteiger partial charge in [0.1, 0.15) is 11.4 Å². The van der Waals surface area contributed by atoms with E-state index in [0.29, 0.717) is 11.3 Å². The first kappa shape index (κ1) is 16.3. The number of fused-ring (bicyclic) bond motifs is 3. The third kappa shape index (κ3) is 2.84. The first-order valence-corrected chi connectivity index (χ1v) is 9.58. The molecule has 0 N–H and O–H groups in total. The molecule has 1 fully saturated rings. The molecule has 2 aromatic heterocycles. The van der Waals surface area contributed by atoms with Crippen LogP contribution < -0.4 is 15.4 Å². The Hall–Kier alpha value is -2.93. The van der Waals surface area contributed by atoms with Crippen molar-refractivity contribution < 1.29 is 8.81 Å². The Labute approximate surface area is 158 Å². The summed E-state index contributed by atoms with van der Waals surface area (Å²) in [5.74, 6) is -0.182. The molecule has 0 amide bonds. The highest BCUT2D eigenvalue weighted by Gasteiger charge is 2.22. The number of benzene rings is 2. The Morgan fingerprint density at radius 3 is 2.56 bits per heavy atom. The molecule has 4 aromatic rings. The third-order valence-corrected chi connectivity index (χ3v) is 6.05. The van der Waals surface area contributed by atoms with Crippen LogP contribution in [0.3, 0.4) is 0 Å². The molecule has 136 valence electrons. The number of nitrogens with zero attached hydrogens (tertiary/aromatic N) is 3. The summed E-state index contributed by atoms with van der Waals surface area (Å²) >= 11 is 1.60. The maximum absolute atomic E-state index is 14.0. The van der Waals surface area contributed by atoms with E-state index in [1.54, 1.807) is 29.5 Å². The number of hydrogen-bond acceptors (Lipinski definition) is 6. The summed E-state index contributed by atoms with van der Waals surface area (Å²) in [4.78, 5) is 20.5. The van der Waals surface area contributed by atoms with Crippen LogP contribution in [0.15, 0.2) is 57.7 Å². The minimum atomic E-state index is -0.351. The van der Waals surface area contributed by atoms with Gasteiger partial charge < -0.3 is 14.2 Å². The maximum Gasteiger partial charge on any atom is 0.336 e. The molecule has 27 heavy (non-hydrogen) atoms. The largest absolute Gasteiger partial charge is 0.423 e. The second-order valence-corrected chi connectivity index (χ2v) is 7.48. The lowest BCUT2D eigenvalue weighted by atomic mass is 10.2. The number of rotatable bonds is 2. The minimum absolute atomic E-state index is 0.182. The first-order chi connectivity index (χ1) is 13.2. The minimum Gasteiger partial charge on any atom is -0.423 e. The van der Waals surface area contributed by atoms with E-state index >= 15 is 0 Å². The lowest BCUT2D eigenvalue weighted by Gasteiger charge is -2.36. The summed E-state index contributed by atoms with van der Waals surface area (Å²) in [5.41, 5.74) is 1.78. The van der Waals surface area contributed by atoms with Crippen LogP contribution >= 0.6 is 11.3 Å². The molecule has 5 nitrogen and oxygen atoms in total. The third-order valence-electron chi connectivity index (χ3n) is 4.88. The maximum atomic E-state index is 14.0. The first-order valence-electron chi connectivity index (χ1n) is 8.77. The van der Waals surface area contributed by atoms with Gasteiger partial charge >= 0.3 is 5.63 Å². The van der Waals surface area contributed by atoms with E-state index in [-0.39, 0.29) is 11.4 Å². The van der Waals surface area contributed by atoms with Crippen LogP contribution in [0.5, 0.6) is 0 Å². The molecular formula is C20H16FN3O2S. The molecular weight excluding hydrogens is 365 g/mol. The van der Waals surface area contributed by atoms with Gasteiger partial charge in [-0.2, -0.15) is 0 Å². The molecule has 3 heterocycles. The van der Waals surface area contributed by atoms with Gasteiger partial charge in [-0.1, -0.05) is 23.5 Å². The predicted molar refractivity (Wildman–Crippen MR) is 106 cm³/mol. The normalized spacial score (nSPS) is 15.0. The van der Waals surface area contributed by atoms with Crippen LogP contribution in [0, 0.1) is 5.82 Å². The van der Waals surface area contributed by atoms with E-state index in [9.17, 15) is 9.18 Å². The Kier molecular flexibility index (Phi) is 3.82. The van der Waals surface area contributed by atoms with Gasteiger partial charge in [-0.3, -0.25) is 0 Å². The monoisotopic (exact) mass is 381 g/mol. The lowest BCUT2D eigenvalue weighted by Crippen LogP contribution is -2.46. The van der Waals surface area contributed by atoms with E-state index in [1.165, 1.54) is 12.1 Å². The summed E-state index contributed by atoms with van der Waals surface area (Å²) in [5, 5.41) is 1.85. The number of piperazine rings is 1. The van der Waals surface area contributed by atoms with Crippen molar-refractivity contribution in [3.63, 3.8) is 0 Å². The molecule has 5 rings (SSSR count). The van der Waals surface area contributed by atoms with Crippen LogP contribution in [0.1, 0.15) is 0 Å². The number of anilines is 2. The van der Waals surface area contributed by atoms with Gasteiger partial charge in [0.05, 0.1) is 15.9 Å². The summed E-state index contributed by atoms with van der Waals surface area (Å²) in [6, 6.07) is 13.8. The summed E-state index contributed by atoms with van der Waals surface area (Å²) in [6.45, 7) is 3.04. The van der Waals surface area contributed by atoms with E-state index in [4.69, 9.17) is 9.40 Å². The van der Waals surface area contributed by atoms with Crippen molar-refractivity contribution >= 4 is 43.3 Å². The fourth-order valence-electron chi connectivity index (χ4n) is 3.51. The molecule has 2 aromatic carbocycles. The fraction of sp³-hybridized carbons (Fsp3) is 0.200. The zero-order valence-corrected chi connectivity index (χ0v) is 15.2. The smallest absolute Gasteiger partial charge is 0.336 e. The van der Waals surface area contributed by atoms with Crippen molar-refractivity contribution in [2.45, 2.75) is 0 Å². The van der Waals surface area contributed by atoms with Crippen LogP contribution in [0.2, 0.25) is 0 Å². The van der Waals surface area contributed by atoms with Crippen LogP contribution in [0.4, 0.5) is 15.2 Å². The molecule has 1 aliphatic heterocycles. The van der Waals surface area contributed by atoms with Crippen LogP contribution in [0.25, 0.3) is 21.2 Å². The van der Waals surface area contributed by atoms with Crippen molar-refractivity contribution in [3.8, 4) is 0 Å². The quantitative estimate of drug-likeness (QED) is 0.494. The highest BCUT2D eigenvalue weighted by Crippen LogP contribution is 2.34. The molecule has 1 aliphatic rings. The van der Waals surface area contributed by atoms with Crippen LogP contribution in [-0.2, 0) is 0 Å². The van der Waals surface area contributed by atoms with Gasteiger partial charge in [0.15, 0.2) is 5.13 Å². The zero-order valence-electron chi connectivity index (χ0n) is 14.4. The van der Waals surface area contributed by atoms with E-state index < -0.39 is 0 Å². The van der Waals surface area contributed by atoms with Crippen LogP contribution in [-0.4, -0.2) is 31.2 Å². The zero-order chi connectivity index (χ0) is 18.4.